The number of aromatic nitrogens is 2. The van der Waals surface area contributed by atoms with E-state index in [9.17, 15) is 5.11 Å². The molecule has 3 aromatic rings. The van der Waals surface area contributed by atoms with E-state index in [-0.39, 0.29) is 5.41 Å². The molecule has 0 aliphatic heterocycles. The molecule has 1 fully saturated rings. The number of hydrogen-bond acceptors (Lipinski definition) is 3. The van der Waals surface area contributed by atoms with E-state index in [0.717, 1.165) is 22.1 Å². The fraction of sp³-hybridized carbons (Fsp3) is 0.353. The summed E-state index contributed by atoms with van der Waals surface area (Å²) in [6, 6.07) is 3.97. The standard InChI is InChI=1S/C17H18N2O2/c1-10-3-4-11(14(20)16-18-7-8-19-16)13-12(9-21-15(10)13)17(2)5-6-17/h3-4,7-9,14,20H,5-6H2,1-2H3,(H,18,19). The number of aryl methyl sites for hydroxylation is 1. The number of furan rings is 1. The van der Waals surface area contributed by atoms with Crippen molar-refractivity contribution in [3.8, 4) is 0 Å². The first-order valence-corrected chi connectivity index (χ1v) is 7.29. The van der Waals surface area contributed by atoms with Crippen LogP contribution in [0.3, 0.4) is 0 Å². The fourth-order valence-electron chi connectivity index (χ4n) is 3.01. The molecule has 1 unspecified atom stereocenters. The van der Waals surface area contributed by atoms with Crippen LogP contribution in [0.2, 0.25) is 0 Å². The molecule has 21 heavy (non-hydrogen) atoms. The molecular weight excluding hydrogens is 264 g/mol. The third-order valence-electron chi connectivity index (χ3n) is 4.67. The molecule has 1 aliphatic carbocycles. The Kier molecular flexibility index (Phi) is 2.54. The fourth-order valence-corrected chi connectivity index (χ4v) is 3.01. The van der Waals surface area contributed by atoms with E-state index in [1.807, 2.05) is 25.3 Å². The van der Waals surface area contributed by atoms with Gasteiger partial charge in [0.1, 0.15) is 17.5 Å². The number of aliphatic hydroxyl groups excluding tert-OH is 1. The number of hydrogen-bond donors (Lipinski definition) is 2. The van der Waals surface area contributed by atoms with Crippen LogP contribution in [-0.2, 0) is 5.41 Å². The highest BCUT2D eigenvalue weighted by Gasteiger charge is 2.42. The number of aliphatic hydroxyl groups is 1. The molecule has 0 radical (unpaired) electrons. The second-order valence-corrected chi connectivity index (χ2v) is 6.26. The third kappa shape index (κ3) is 1.83. The van der Waals surface area contributed by atoms with Gasteiger partial charge in [-0.2, -0.15) is 0 Å². The molecular formula is C17H18N2O2. The summed E-state index contributed by atoms with van der Waals surface area (Å²) in [4.78, 5) is 7.17. The Labute approximate surface area is 122 Å². The molecule has 108 valence electrons. The second-order valence-electron chi connectivity index (χ2n) is 6.26. The third-order valence-corrected chi connectivity index (χ3v) is 4.67. The summed E-state index contributed by atoms with van der Waals surface area (Å²) in [5.41, 5.74) is 4.23. The Morgan fingerprint density at radius 3 is 2.86 bits per heavy atom. The van der Waals surface area contributed by atoms with Crippen molar-refractivity contribution in [1.29, 1.82) is 0 Å². The van der Waals surface area contributed by atoms with Gasteiger partial charge in [-0.25, -0.2) is 4.98 Å². The van der Waals surface area contributed by atoms with Crippen LogP contribution in [-0.4, -0.2) is 15.1 Å². The molecule has 0 saturated heterocycles. The summed E-state index contributed by atoms with van der Waals surface area (Å²) in [6.07, 6.45) is 6.83. The van der Waals surface area contributed by atoms with Crippen molar-refractivity contribution in [3.63, 3.8) is 0 Å². The summed E-state index contributed by atoms with van der Waals surface area (Å²) in [6.45, 7) is 4.29. The number of fused-ring (bicyclic) bond motifs is 1. The van der Waals surface area contributed by atoms with E-state index < -0.39 is 6.10 Å². The maximum Gasteiger partial charge on any atom is 0.139 e. The van der Waals surface area contributed by atoms with Gasteiger partial charge in [-0.1, -0.05) is 19.1 Å². The maximum absolute atomic E-state index is 10.7. The van der Waals surface area contributed by atoms with Crippen LogP contribution in [0, 0.1) is 6.92 Å². The first-order chi connectivity index (χ1) is 10.1. The molecule has 1 aromatic carbocycles. The molecule has 1 aliphatic rings. The van der Waals surface area contributed by atoms with Gasteiger partial charge in [0.25, 0.3) is 0 Å². The summed E-state index contributed by atoms with van der Waals surface area (Å²) in [7, 11) is 0. The smallest absolute Gasteiger partial charge is 0.139 e. The van der Waals surface area contributed by atoms with Gasteiger partial charge in [0, 0.05) is 23.3 Å². The monoisotopic (exact) mass is 282 g/mol. The molecule has 4 nitrogen and oxygen atoms in total. The quantitative estimate of drug-likeness (QED) is 0.771. The summed E-state index contributed by atoms with van der Waals surface area (Å²) < 4.78 is 5.81. The molecule has 2 heterocycles. The zero-order valence-electron chi connectivity index (χ0n) is 12.2. The number of nitrogens with zero attached hydrogens (tertiary/aromatic N) is 1. The van der Waals surface area contributed by atoms with Crippen molar-refractivity contribution in [3.05, 3.63) is 53.3 Å². The van der Waals surface area contributed by atoms with Crippen LogP contribution in [0.15, 0.2) is 35.2 Å². The van der Waals surface area contributed by atoms with Crippen LogP contribution in [0.1, 0.15) is 48.4 Å². The molecule has 2 aromatic heterocycles. The van der Waals surface area contributed by atoms with E-state index in [0.29, 0.717) is 5.82 Å². The number of benzene rings is 1. The first-order valence-electron chi connectivity index (χ1n) is 7.29. The van der Waals surface area contributed by atoms with Gasteiger partial charge in [-0.15, -0.1) is 0 Å². The lowest BCUT2D eigenvalue weighted by molar-refractivity contribution is 0.212. The largest absolute Gasteiger partial charge is 0.464 e. The zero-order chi connectivity index (χ0) is 14.6. The highest BCUT2D eigenvalue weighted by atomic mass is 16.3. The van der Waals surface area contributed by atoms with Gasteiger partial charge in [-0.3, -0.25) is 0 Å². The number of rotatable bonds is 3. The molecule has 0 spiro atoms. The number of nitrogens with one attached hydrogen (secondary N) is 1. The number of aromatic amines is 1. The highest BCUT2D eigenvalue weighted by molar-refractivity contribution is 5.89. The predicted octanol–water partition coefficient (Wildman–Crippen LogP) is 3.60. The van der Waals surface area contributed by atoms with E-state index in [1.54, 1.807) is 12.4 Å². The van der Waals surface area contributed by atoms with Crippen molar-refractivity contribution < 1.29 is 9.52 Å². The lowest BCUT2D eigenvalue weighted by Gasteiger charge is -2.14. The molecule has 1 saturated carbocycles. The van der Waals surface area contributed by atoms with E-state index in [4.69, 9.17) is 4.42 Å². The van der Waals surface area contributed by atoms with Crippen LogP contribution >= 0.6 is 0 Å². The van der Waals surface area contributed by atoms with Crippen LogP contribution < -0.4 is 0 Å². The van der Waals surface area contributed by atoms with Crippen LogP contribution in [0.4, 0.5) is 0 Å². The van der Waals surface area contributed by atoms with Crippen molar-refractivity contribution in [2.24, 2.45) is 0 Å². The Balaban J connectivity index is 1.96. The van der Waals surface area contributed by atoms with Crippen LogP contribution in [0.25, 0.3) is 11.0 Å². The second kappa shape index (κ2) is 4.21. The minimum absolute atomic E-state index is 0.191. The van der Waals surface area contributed by atoms with Crippen LogP contribution in [0.5, 0.6) is 0 Å². The Hall–Kier alpha value is -2.07. The Morgan fingerprint density at radius 1 is 1.38 bits per heavy atom. The Bertz CT molecular complexity index is 798. The topological polar surface area (TPSA) is 62.1 Å². The Morgan fingerprint density at radius 2 is 2.19 bits per heavy atom. The average molecular weight is 282 g/mol. The minimum Gasteiger partial charge on any atom is -0.464 e. The zero-order valence-corrected chi connectivity index (χ0v) is 12.2. The van der Waals surface area contributed by atoms with E-state index in [1.165, 1.54) is 18.4 Å². The normalized spacial score (nSPS) is 18.0. The summed E-state index contributed by atoms with van der Waals surface area (Å²) >= 11 is 0. The summed E-state index contributed by atoms with van der Waals surface area (Å²) in [5.74, 6) is 0.563. The van der Waals surface area contributed by atoms with Gasteiger partial charge in [0.05, 0.1) is 6.26 Å². The van der Waals surface area contributed by atoms with E-state index in [2.05, 4.69) is 16.9 Å². The molecule has 1 atom stereocenters. The molecule has 4 rings (SSSR count). The molecule has 0 amide bonds. The van der Waals surface area contributed by atoms with Crippen molar-refractivity contribution in [2.45, 2.75) is 38.2 Å². The maximum atomic E-state index is 10.7. The van der Waals surface area contributed by atoms with E-state index >= 15 is 0 Å². The van der Waals surface area contributed by atoms with Gasteiger partial charge in [0.15, 0.2) is 0 Å². The highest BCUT2D eigenvalue weighted by Crippen LogP contribution is 2.51. The number of imidazole rings is 1. The molecule has 4 heteroatoms. The SMILES string of the molecule is Cc1ccc(C(O)c2ncc[nH]2)c2c(C3(C)CC3)coc12. The first kappa shape index (κ1) is 12.7. The van der Waals surface area contributed by atoms with Gasteiger partial charge in [0.2, 0.25) is 0 Å². The summed E-state index contributed by atoms with van der Waals surface area (Å²) in [5, 5.41) is 11.7. The van der Waals surface area contributed by atoms with Crippen molar-refractivity contribution in [2.75, 3.05) is 0 Å². The van der Waals surface area contributed by atoms with Gasteiger partial charge >= 0.3 is 0 Å². The molecule has 2 N–H and O–H groups in total. The number of H-pyrrole nitrogens is 1. The lowest BCUT2D eigenvalue weighted by Crippen LogP contribution is -2.06. The van der Waals surface area contributed by atoms with Crippen molar-refractivity contribution in [1.82, 2.24) is 9.97 Å². The van der Waals surface area contributed by atoms with Gasteiger partial charge in [-0.05, 0) is 36.3 Å². The predicted molar refractivity (Wildman–Crippen MR) is 80.2 cm³/mol. The van der Waals surface area contributed by atoms with Crippen molar-refractivity contribution >= 4 is 11.0 Å². The van der Waals surface area contributed by atoms with Gasteiger partial charge < -0.3 is 14.5 Å². The molecule has 0 bridgehead atoms. The average Bonchev–Trinajstić information content (AvgIpc) is 2.95. The lowest BCUT2D eigenvalue weighted by atomic mass is 9.92. The minimum atomic E-state index is -0.762.